The molecule has 0 saturated carbocycles. The molecule has 1 aromatic heterocycles. The zero-order valence-corrected chi connectivity index (χ0v) is 9.89. The lowest BCUT2D eigenvalue weighted by molar-refractivity contribution is 0.0919. The molecule has 0 saturated heterocycles. The van der Waals surface area contributed by atoms with Crippen LogP contribution in [0.1, 0.15) is 29.1 Å². The van der Waals surface area contributed by atoms with E-state index in [4.69, 9.17) is 16.0 Å². The van der Waals surface area contributed by atoms with Crippen LogP contribution in [0, 0.1) is 19.8 Å². The molecule has 1 heterocycles. The largest absolute Gasteiger partial charge is 0.436 e. The van der Waals surface area contributed by atoms with Gasteiger partial charge in [0, 0.05) is 19.3 Å². The van der Waals surface area contributed by atoms with Crippen molar-refractivity contribution in [1.29, 1.82) is 0 Å². The molecule has 5 heteroatoms. The molecule has 15 heavy (non-hydrogen) atoms. The van der Waals surface area contributed by atoms with Crippen molar-refractivity contribution in [2.75, 3.05) is 12.4 Å². The van der Waals surface area contributed by atoms with Gasteiger partial charge in [0.05, 0.1) is 5.69 Å². The van der Waals surface area contributed by atoms with E-state index in [0.29, 0.717) is 24.0 Å². The molecule has 0 bridgehead atoms. The van der Waals surface area contributed by atoms with Crippen LogP contribution in [-0.2, 0) is 0 Å². The van der Waals surface area contributed by atoms with Gasteiger partial charge in [-0.2, -0.15) is 0 Å². The molecule has 1 amide bonds. The summed E-state index contributed by atoms with van der Waals surface area (Å²) in [5.41, 5.74) is 0.614. The minimum atomic E-state index is -0.231. The van der Waals surface area contributed by atoms with Gasteiger partial charge in [0.25, 0.3) is 5.91 Å². The minimum Gasteiger partial charge on any atom is -0.436 e. The summed E-state index contributed by atoms with van der Waals surface area (Å²) in [5, 5.41) is 2.75. The van der Waals surface area contributed by atoms with E-state index in [1.54, 1.807) is 13.8 Å². The number of aryl methyl sites for hydroxylation is 2. The topological polar surface area (TPSA) is 55.1 Å². The van der Waals surface area contributed by atoms with Crippen LogP contribution in [0.3, 0.4) is 0 Å². The number of nitrogens with one attached hydrogen (secondary N) is 1. The Balaban J connectivity index is 2.58. The number of alkyl halides is 1. The second-order valence-corrected chi connectivity index (χ2v) is 3.93. The number of oxazole rings is 1. The number of amides is 1. The second-order valence-electron chi connectivity index (χ2n) is 3.62. The number of aromatic nitrogens is 1. The molecule has 0 radical (unpaired) electrons. The summed E-state index contributed by atoms with van der Waals surface area (Å²) in [6, 6.07) is 0. The first kappa shape index (κ1) is 12.0. The van der Waals surface area contributed by atoms with Crippen LogP contribution in [0.5, 0.6) is 0 Å². The lowest BCUT2D eigenvalue weighted by Gasteiger charge is -2.07. The van der Waals surface area contributed by atoms with Gasteiger partial charge in [-0.15, -0.1) is 11.6 Å². The van der Waals surface area contributed by atoms with Crippen molar-refractivity contribution in [2.45, 2.75) is 20.8 Å². The fourth-order valence-electron chi connectivity index (χ4n) is 1.14. The first-order chi connectivity index (χ1) is 7.04. The van der Waals surface area contributed by atoms with Gasteiger partial charge in [0.2, 0.25) is 5.76 Å². The number of carbonyl (C=O) groups excluding carboxylic acids is 1. The number of carbonyl (C=O) groups is 1. The van der Waals surface area contributed by atoms with Gasteiger partial charge in [0.15, 0.2) is 5.89 Å². The van der Waals surface area contributed by atoms with Crippen molar-refractivity contribution in [1.82, 2.24) is 10.3 Å². The van der Waals surface area contributed by atoms with Gasteiger partial charge in [0.1, 0.15) is 0 Å². The number of nitrogens with zero attached hydrogens (tertiary/aromatic N) is 1. The summed E-state index contributed by atoms with van der Waals surface area (Å²) in [5.74, 6) is 1.33. The molecule has 0 aromatic carbocycles. The highest BCUT2D eigenvalue weighted by atomic mass is 35.5. The average molecular weight is 231 g/mol. The Morgan fingerprint density at radius 3 is 2.73 bits per heavy atom. The Bertz CT molecular complexity index is 349. The van der Waals surface area contributed by atoms with Gasteiger partial charge < -0.3 is 9.73 Å². The van der Waals surface area contributed by atoms with Crippen LogP contribution in [-0.4, -0.2) is 23.3 Å². The van der Waals surface area contributed by atoms with Crippen molar-refractivity contribution in [2.24, 2.45) is 5.92 Å². The SMILES string of the molecule is Cc1nc(C)c(C(=O)NCC(C)CCl)o1. The Morgan fingerprint density at radius 2 is 2.27 bits per heavy atom. The molecule has 0 aliphatic carbocycles. The summed E-state index contributed by atoms with van der Waals surface area (Å²) in [4.78, 5) is 15.6. The summed E-state index contributed by atoms with van der Waals surface area (Å²) >= 11 is 5.63. The van der Waals surface area contributed by atoms with Crippen LogP contribution in [0.4, 0.5) is 0 Å². The number of hydrogen-bond donors (Lipinski definition) is 1. The van der Waals surface area contributed by atoms with Crippen molar-refractivity contribution >= 4 is 17.5 Å². The summed E-state index contributed by atoms with van der Waals surface area (Å²) in [6.07, 6.45) is 0. The molecule has 84 valence electrons. The Morgan fingerprint density at radius 1 is 1.60 bits per heavy atom. The van der Waals surface area contributed by atoms with E-state index < -0.39 is 0 Å². The van der Waals surface area contributed by atoms with E-state index in [9.17, 15) is 4.79 Å². The third-order valence-electron chi connectivity index (χ3n) is 1.98. The minimum absolute atomic E-state index is 0.231. The third-order valence-corrected chi connectivity index (χ3v) is 2.51. The lowest BCUT2D eigenvalue weighted by atomic mass is 10.2. The van der Waals surface area contributed by atoms with Crippen LogP contribution < -0.4 is 5.32 Å². The van der Waals surface area contributed by atoms with Crippen molar-refractivity contribution < 1.29 is 9.21 Å². The lowest BCUT2D eigenvalue weighted by Crippen LogP contribution is -2.29. The van der Waals surface area contributed by atoms with Gasteiger partial charge >= 0.3 is 0 Å². The molecule has 0 fully saturated rings. The number of halogens is 1. The maximum atomic E-state index is 11.6. The maximum absolute atomic E-state index is 11.6. The highest BCUT2D eigenvalue weighted by molar-refractivity contribution is 6.18. The number of rotatable bonds is 4. The Hall–Kier alpha value is -1.03. The molecule has 0 aliphatic heterocycles. The predicted octanol–water partition coefficient (Wildman–Crippen LogP) is 1.90. The first-order valence-corrected chi connectivity index (χ1v) is 5.36. The highest BCUT2D eigenvalue weighted by Gasteiger charge is 2.15. The molecule has 4 nitrogen and oxygen atoms in total. The molecule has 1 aromatic rings. The predicted molar refractivity (Wildman–Crippen MR) is 58.2 cm³/mol. The molecular weight excluding hydrogens is 216 g/mol. The summed E-state index contributed by atoms with van der Waals surface area (Å²) < 4.78 is 5.19. The molecule has 1 atom stereocenters. The molecule has 1 unspecified atom stereocenters. The van der Waals surface area contributed by atoms with Gasteiger partial charge in [-0.3, -0.25) is 4.79 Å². The van der Waals surface area contributed by atoms with E-state index in [1.807, 2.05) is 6.92 Å². The zero-order valence-electron chi connectivity index (χ0n) is 9.13. The van der Waals surface area contributed by atoms with Crippen LogP contribution in [0.25, 0.3) is 0 Å². The normalized spacial score (nSPS) is 12.5. The maximum Gasteiger partial charge on any atom is 0.289 e. The van der Waals surface area contributed by atoms with Crippen molar-refractivity contribution in [3.05, 3.63) is 17.3 Å². The first-order valence-electron chi connectivity index (χ1n) is 4.82. The van der Waals surface area contributed by atoms with Gasteiger partial charge in [-0.05, 0) is 12.8 Å². The summed E-state index contributed by atoms with van der Waals surface area (Å²) in [7, 11) is 0. The quantitative estimate of drug-likeness (QED) is 0.804. The second kappa shape index (κ2) is 5.16. The van der Waals surface area contributed by atoms with Crippen LogP contribution in [0.2, 0.25) is 0 Å². The van der Waals surface area contributed by atoms with E-state index in [2.05, 4.69) is 10.3 Å². The smallest absolute Gasteiger partial charge is 0.289 e. The van der Waals surface area contributed by atoms with E-state index in [1.165, 1.54) is 0 Å². The van der Waals surface area contributed by atoms with Crippen molar-refractivity contribution in [3.63, 3.8) is 0 Å². The average Bonchev–Trinajstić information content (AvgIpc) is 2.53. The summed E-state index contributed by atoms with van der Waals surface area (Å²) in [6.45, 7) is 5.97. The fraction of sp³-hybridized carbons (Fsp3) is 0.600. The fourth-order valence-corrected chi connectivity index (χ4v) is 1.25. The van der Waals surface area contributed by atoms with E-state index >= 15 is 0 Å². The zero-order chi connectivity index (χ0) is 11.4. The Kier molecular flexibility index (Phi) is 4.15. The molecule has 1 N–H and O–H groups in total. The van der Waals surface area contributed by atoms with Crippen LogP contribution >= 0.6 is 11.6 Å². The molecular formula is C10H15ClN2O2. The van der Waals surface area contributed by atoms with Gasteiger partial charge in [-0.1, -0.05) is 6.92 Å². The molecule has 0 spiro atoms. The Labute approximate surface area is 94.0 Å². The van der Waals surface area contributed by atoms with E-state index in [0.717, 1.165) is 0 Å². The molecule has 0 aliphatic rings. The number of hydrogen-bond acceptors (Lipinski definition) is 3. The standard InChI is InChI=1S/C10H15ClN2O2/c1-6(4-11)5-12-10(14)9-7(2)13-8(3)15-9/h6H,4-5H2,1-3H3,(H,12,14). The monoisotopic (exact) mass is 230 g/mol. The van der Waals surface area contributed by atoms with Gasteiger partial charge in [-0.25, -0.2) is 4.98 Å². The van der Waals surface area contributed by atoms with E-state index in [-0.39, 0.29) is 17.6 Å². The van der Waals surface area contributed by atoms with Crippen molar-refractivity contribution in [3.8, 4) is 0 Å². The van der Waals surface area contributed by atoms with Crippen LogP contribution in [0.15, 0.2) is 4.42 Å². The third kappa shape index (κ3) is 3.23. The highest BCUT2D eigenvalue weighted by Crippen LogP contribution is 2.09. The molecule has 1 rings (SSSR count).